The van der Waals surface area contributed by atoms with Crippen molar-refractivity contribution in [2.24, 2.45) is 0 Å². The maximum atomic E-state index is 13.6. The molecule has 0 aliphatic carbocycles. The summed E-state index contributed by atoms with van der Waals surface area (Å²) in [6.45, 7) is 2.32. The summed E-state index contributed by atoms with van der Waals surface area (Å²) in [5.41, 5.74) is 3.32. The van der Waals surface area contributed by atoms with Crippen LogP contribution < -0.4 is 9.64 Å². The summed E-state index contributed by atoms with van der Waals surface area (Å²) < 4.78 is 12.3. The third-order valence-electron chi connectivity index (χ3n) is 4.99. The first-order valence-corrected chi connectivity index (χ1v) is 10.6. The van der Waals surface area contributed by atoms with Crippen LogP contribution in [0.5, 0.6) is 5.75 Å². The van der Waals surface area contributed by atoms with Crippen LogP contribution in [0.25, 0.3) is 21.2 Å². The molecule has 3 aromatic heterocycles. The summed E-state index contributed by atoms with van der Waals surface area (Å²) in [5.74, 6) is 0.536. The number of hydrogen-bond acceptors (Lipinski definition) is 6. The van der Waals surface area contributed by atoms with Crippen molar-refractivity contribution >= 4 is 43.6 Å². The number of aromatic nitrogens is 2. The number of benzene rings is 2. The minimum atomic E-state index is -0.278. The molecule has 0 bridgehead atoms. The second-order valence-electron chi connectivity index (χ2n) is 7.17. The highest BCUT2D eigenvalue weighted by molar-refractivity contribution is 7.22. The molecule has 154 valence electrons. The van der Waals surface area contributed by atoms with Gasteiger partial charge in [-0.2, -0.15) is 0 Å². The van der Waals surface area contributed by atoms with E-state index < -0.39 is 0 Å². The van der Waals surface area contributed by atoms with E-state index in [0.29, 0.717) is 16.5 Å². The topological polar surface area (TPSA) is 68.5 Å². The normalized spacial score (nSPS) is 11.2. The van der Waals surface area contributed by atoms with Crippen molar-refractivity contribution in [3.05, 3.63) is 83.9 Å². The molecule has 0 radical (unpaired) electrons. The van der Waals surface area contributed by atoms with Gasteiger partial charge in [0.15, 0.2) is 22.2 Å². The van der Waals surface area contributed by atoms with Gasteiger partial charge in [0.1, 0.15) is 0 Å². The quantitative estimate of drug-likeness (QED) is 0.364. The highest BCUT2D eigenvalue weighted by Gasteiger charge is 2.25. The van der Waals surface area contributed by atoms with Gasteiger partial charge in [-0.25, -0.2) is 4.98 Å². The molecule has 2 aromatic carbocycles. The lowest BCUT2D eigenvalue weighted by Crippen LogP contribution is -2.30. The third kappa shape index (κ3) is 3.64. The van der Waals surface area contributed by atoms with Crippen molar-refractivity contribution in [1.82, 2.24) is 9.97 Å². The number of rotatable bonds is 5. The van der Waals surface area contributed by atoms with Gasteiger partial charge in [0.2, 0.25) is 0 Å². The fourth-order valence-corrected chi connectivity index (χ4v) is 4.51. The standard InChI is InChI=1S/C24H19N3O3S/c1-15-9-10-18-21(12-15)31-24(26-18)27(14-17-7-3-4-11-25-17)23(28)20-13-16-6-5-8-19(29-2)22(16)30-20/h3-13H,14H2,1-2H3. The van der Waals surface area contributed by atoms with Gasteiger partial charge >= 0.3 is 0 Å². The molecule has 0 unspecified atom stereocenters. The Labute approximate surface area is 182 Å². The Balaban J connectivity index is 1.60. The number of pyridine rings is 1. The number of amides is 1. The molecule has 3 heterocycles. The number of hydrogen-bond donors (Lipinski definition) is 0. The molecule has 0 fully saturated rings. The van der Waals surface area contributed by atoms with Gasteiger partial charge in [-0.1, -0.05) is 35.6 Å². The number of carbonyl (C=O) groups excluding carboxylic acids is 1. The number of para-hydroxylation sites is 1. The average molecular weight is 430 g/mol. The van der Waals surface area contributed by atoms with Crippen molar-refractivity contribution < 1.29 is 13.9 Å². The van der Waals surface area contributed by atoms with Crippen molar-refractivity contribution in [3.63, 3.8) is 0 Å². The second kappa shape index (κ2) is 7.85. The van der Waals surface area contributed by atoms with Crippen molar-refractivity contribution in [3.8, 4) is 5.75 Å². The molecule has 0 saturated carbocycles. The maximum Gasteiger partial charge on any atom is 0.296 e. The van der Waals surface area contributed by atoms with Crippen LogP contribution in [0.1, 0.15) is 21.8 Å². The molecular formula is C24H19N3O3S. The molecule has 31 heavy (non-hydrogen) atoms. The SMILES string of the molecule is COc1cccc2cc(C(=O)N(Cc3ccccn3)c3nc4ccc(C)cc4s3)oc12. The van der Waals surface area contributed by atoms with E-state index in [-0.39, 0.29) is 18.2 Å². The highest BCUT2D eigenvalue weighted by atomic mass is 32.1. The van der Waals surface area contributed by atoms with Crippen molar-refractivity contribution in [2.75, 3.05) is 12.0 Å². The first kappa shape index (κ1) is 19.3. The monoisotopic (exact) mass is 429 g/mol. The molecule has 0 aliphatic rings. The van der Waals surface area contributed by atoms with Crippen LogP contribution >= 0.6 is 11.3 Å². The number of thiazole rings is 1. The van der Waals surface area contributed by atoms with Crippen LogP contribution in [0.4, 0.5) is 5.13 Å². The maximum absolute atomic E-state index is 13.6. The summed E-state index contributed by atoms with van der Waals surface area (Å²) >= 11 is 1.48. The molecule has 6 nitrogen and oxygen atoms in total. The van der Waals surface area contributed by atoms with E-state index >= 15 is 0 Å². The molecule has 0 aliphatic heterocycles. The third-order valence-corrected chi connectivity index (χ3v) is 6.03. The zero-order valence-corrected chi connectivity index (χ0v) is 17.8. The van der Waals surface area contributed by atoms with Crippen LogP contribution in [-0.2, 0) is 6.54 Å². The van der Waals surface area contributed by atoms with E-state index in [1.807, 2.05) is 55.5 Å². The number of methoxy groups -OCH3 is 1. The number of fused-ring (bicyclic) bond motifs is 2. The van der Waals surface area contributed by atoms with Crippen molar-refractivity contribution in [2.45, 2.75) is 13.5 Å². The largest absolute Gasteiger partial charge is 0.493 e. The summed E-state index contributed by atoms with van der Waals surface area (Å²) in [4.78, 5) is 24.3. The Morgan fingerprint density at radius 2 is 2.03 bits per heavy atom. The summed E-state index contributed by atoms with van der Waals surface area (Å²) in [6.07, 6.45) is 1.71. The van der Waals surface area contributed by atoms with Crippen LogP contribution in [0.2, 0.25) is 0 Å². The number of anilines is 1. The van der Waals surface area contributed by atoms with Crippen LogP contribution in [0, 0.1) is 6.92 Å². The second-order valence-corrected chi connectivity index (χ2v) is 8.18. The van der Waals surface area contributed by atoms with Gasteiger partial charge in [-0.3, -0.25) is 14.7 Å². The average Bonchev–Trinajstić information content (AvgIpc) is 3.41. The van der Waals surface area contributed by atoms with E-state index in [1.165, 1.54) is 11.3 Å². The molecule has 0 N–H and O–H groups in total. The lowest BCUT2D eigenvalue weighted by molar-refractivity contribution is 0.0960. The fraction of sp³-hybridized carbons (Fsp3) is 0.125. The van der Waals surface area contributed by atoms with Gasteiger partial charge < -0.3 is 9.15 Å². The van der Waals surface area contributed by atoms with Gasteiger partial charge in [-0.05, 0) is 48.9 Å². The first-order chi connectivity index (χ1) is 15.1. The number of carbonyl (C=O) groups is 1. The lowest BCUT2D eigenvalue weighted by atomic mass is 10.2. The number of nitrogens with zero attached hydrogens (tertiary/aromatic N) is 3. The molecule has 7 heteroatoms. The Hall–Kier alpha value is -3.71. The minimum absolute atomic E-state index is 0.228. The van der Waals surface area contributed by atoms with Gasteiger partial charge in [0.25, 0.3) is 5.91 Å². The molecule has 5 rings (SSSR count). The van der Waals surface area contributed by atoms with Crippen LogP contribution in [-0.4, -0.2) is 23.0 Å². The Morgan fingerprint density at radius 1 is 1.13 bits per heavy atom. The fourth-order valence-electron chi connectivity index (χ4n) is 3.45. The first-order valence-electron chi connectivity index (χ1n) is 9.78. The van der Waals surface area contributed by atoms with Crippen LogP contribution in [0.3, 0.4) is 0 Å². The lowest BCUT2D eigenvalue weighted by Gasteiger charge is -2.18. The molecular weight excluding hydrogens is 410 g/mol. The zero-order chi connectivity index (χ0) is 21.4. The molecule has 0 saturated heterocycles. The van der Waals surface area contributed by atoms with E-state index in [4.69, 9.17) is 14.1 Å². The van der Waals surface area contributed by atoms with Crippen LogP contribution in [0.15, 0.2) is 71.3 Å². The molecule has 0 spiro atoms. The highest BCUT2D eigenvalue weighted by Crippen LogP contribution is 2.33. The predicted molar refractivity (Wildman–Crippen MR) is 122 cm³/mol. The summed E-state index contributed by atoms with van der Waals surface area (Å²) in [5, 5.41) is 1.41. The molecule has 0 atom stereocenters. The summed E-state index contributed by atoms with van der Waals surface area (Å²) in [6, 6.07) is 19.0. The Kier molecular flexibility index (Phi) is 4.88. The predicted octanol–water partition coefficient (Wildman–Crippen LogP) is 5.60. The zero-order valence-electron chi connectivity index (χ0n) is 17.0. The number of ether oxygens (including phenoxy) is 1. The minimum Gasteiger partial charge on any atom is -0.493 e. The summed E-state index contributed by atoms with van der Waals surface area (Å²) in [7, 11) is 1.58. The van der Waals surface area contributed by atoms with Gasteiger partial charge in [0.05, 0.1) is 29.6 Å². The number of aryl methyl sites for hydroxylation is 1. The molecule has 1 amide bonds. The van der Waals surface area contributed by atoms with E-state index in [1.54, 1.807) is 24.3 Å². The molecule has 5 aromatic rings. The van der Waals surface area contributed by atoms with Gasteiger partial charge in [-0.15, -0.1) is 0 Å². The van der Waals surface area contributed by atoms with E-state index in [9.17, 15) is 4.79 Å². The van der Waals surface area contributed by atoms with E-state index in [0.717, 1.165) is 26.9 Å². The smallest absolute Gasteiger partial charge is 0.296 e. The number of furan rings is 1. The Bertz CT molecular complexity index is 1390. The Morgan fingerprint density at radius 3 is 2.84 bits per heavy atom. The van der Waals surface area contributed by atoms with Gasteiger partial charge in [0, 0.05) is 11.6 Å². The van der Waals surface area contributed by atoms with E-state index in [2.05, 4.69) is 11.1 Å². The van der Waals surface area contributed by atoms with Crippen molar-refractivity contribution in [1.29, 1.82) is 0 Å².